The van der Waals surface area contributed by atoms with E-state index in [0.29, 0.717) is 0 Å². The standard InChI is InChI=1S/C24H19ClN2O/c25-16-9-14-23-21(15-16)24(20-7-4-8-22(20)27-23)26-17-10-12-19(13-11-17)28-18-5-2-1-3-6-18/h1-3,5-6,9-15H,4,7-8H2,(H,26,27). The molecule has 1 N–H and O–H groups in total. The lowest BCUT2D eigenvalue weighted by Gasteiger charge is -2.15. The molecular weight excluding hydrogens is 368 g/mol. The van der Waals surface area contributed by atoms with E-state index in [-0.39, 0.29) is 0 Å². The molecule has 4 aromatic rings. The first-order chi connectivity index (χ1) is 13.8. The van der Waals surface area contributed by atoms with Crippen molar-refractivity contribution in [1.82, 2.24) is 4.98 Å². The van der Waals surface area contributed by atoms with Crippen molar-refractivity contribution in [2.75, 3.05) is 5.32 Å². The van der Waals surface area contributed by atoms with Crippen LogP contribution >= 0.6 is 11.6 Å². The lowest BCUT2D eigenvalue weighted by molar-refractivity contribution is 0.483. The number of hydrogen-bond acceptors (Lipinski definition) is 3. The number of fused-ring (bicyclic) bond motifs is 2. The van der Waals surface area contributed by atoms with Gasteiger partial charge < -0.3 is 10.1 Å². The minimum Gasteiger partial charge on any atom is -0.457 e. The summed E-state index contributed by atoms with van der Waals surface area (Å²) < 4.78 is 5.89. The normalized spacial score (nSPS) is 12.8. The summed E-state index contributed by atoms with van der Waals surface area (Å²) in [5, 5.41) is 5.40. The smallest absolute Gasteiger partial charge is 0.127 e. The van der Waals surface area contributed by atoms with Gasteiger partial charge in [0, 0.05) is 21.8 Å². The van der Waals surface area contributed by atoms with Crippen LogP contribution in [0.1, 0.15) is 17.7 Å². The van der Waals surface area contributed by atoms with Crippen LogP contribution in [-0.2, 0) is 12.8 Å². The van der Waals surface area contributed by atoms with E-state index in [1.807, 2.05) is 72.8 Å². The first-order valence-electron chi connectivity index (χ1n) is 9.47. The Balaban J connectivity index is 1.48. The average molecular weight is 387 g/mol. The van der Waals surface area contributed by atoms with Crippen LogP contribution in [0, 0.1) is 0 Å². The Bertz CT molecular complexity index is 1140. The second kappa shape index (κ2) is 7.17. The van der Waals surface area contributed by atoms with Gasteiger partial charge >= 0.3 is 0 Å². The maximum Gasteiger partial charge on any atom is 0.127 e. The largest absolute Gasteiger partial charge is 0.457 e. The molecule has 4 heteroatoms. The maximum absolute atomic E-state index is 6.27. The number of benzene rings is 3. The van der Waals surface area contributed by atoms with Gasteiger partial charge in [-0.15, -0.1) is 0 Å². The number of anilines is 2. The van der Waals surface area contributed by atoms with Gasteiger partial charge in [0.25, 0.3) is 0 Å². The molecule has 3 aromatic carbocycles. The number of ether oxygens (including phenoxy) is 1. The van der Waals surface area contributed by atoms with Crippen LogP contribution in [-0.4, -0.2) is 4.98 Å². The van der Waals surface area contributed by atoms with E-state index >= 15 is 0 Å². The molecule has 0 saturated heterocycles. The molecule has 1 heterocycles. The number of nitrogens with zero attached hydrogens (tertiary/aromatic N) is 1. The van der Waals surface area contributed by atoms with Crippen LogP contribution in [0.3, 0.4) is 0 Å². The van der Waals surface area contributed by atoms with Crippen molar-refractivity contribution in [2.24, 2.45) is 0 Å². The van der Waals surface area contributed by atoms with Gasteiger partial charge in [-0.05, 0) is 79.4 Å². The molecule has 0 unspecified atom stereocenters. The van der Waals surface area contributed by atoms with Gasteiger partial charge in [-0.3, -0.25) is 4.98 Å². The predicted molar refractivity (Wildman–Crippen MR) is 115 cm³/mol. The van der Waals surface area contributed by atoms with Crippen LogP contribution in [0.2, 0.25) is 5.02 Å². The molecule has 1 aromatic heterocycles. The van der Waals surface area contributed by atoms with Gasteiger partial charge in [-0.1, -0.05) is 29.8 Å². The van der Waals surface area contributed by atoms with Crippen molar-refractivity contribution in [3.63, 3.8) is 0 Å². The second-order valence-corrected chi connectivity index (χ2v) is 7.43. The molecule has 5 rings (SSSR count). The maximum atomic E-state index is 6.27. The van der Waals surface area contributed by atoms with Gasteiger partial charge in [0.05, 0.1) is 11.2 Å². The third-order valence-corrected chi connectivity index (χ3v) is 5.31. The SMILES string of the molecule is Clc1ccc2nc3c(c(Nc4ccc(Oc5ccccc5)cc4)c2c1)CCC3. The number of rotatable bonds is 4. The highest BCUT2D eigenvalue weighted by Crippen LogP contribution is 2.37. The highest BCUT2D eigenvalue weighted by atomic mass is 35.5. The number of aryl methyl sites for hydroxylation is 1. The topological polar surface area (TPSA) is 34.2 Å². The van der Waals surface area contributed by atoms with Crippen molar-refractivity contribution >= 4 is 33.9 Å². The number of halogens is 1. The summed E-state index contributed by atoms with van der Waals surface area (Å²) in [7, 11) is 0. The summed E-state index contributed by atoms with van der Waals surface area (Å²) >= 11 is 6.27. The molecule has 1 aliphatic carbocycles. The monoisotopic (exact) mass is 386 g/mol. The zero-order valence-electron chi connectivity index (χ0n) is 15.3. The molecule has 0 amide bonds. The Hall–Kier alpha value is -3.04. The zero-order chi connectivity index (χ0) is 18.9. The molecule has 1 aliphatic rings. The summed E-state index contributed by atoms with van der Waals surface area (Å²) in [6.07, 6.45) is 3.22. The van der Waals surface area contributed by atoms with Crippen LogP contribution in [0.15, 0.2) is 72.8 Å². The summed E-state index contributed by atoms with van der Waals surface area (Å²) in [5.74, 6) is 1.64. The minimum absolute atomic E-state index is 0.724. The highest BCUT2D eigenvalue weighted by molar-refractivity contribution is 6.31. The molecule has 0 saturated carbocycles. The van der Waals surface area contributed by atoms with Crippen LogP contribution in [0.4, 0.5) is 11.4 Å². The summed E-state index contributed by atoms with van der Waals surface area (Å²) in [5.41, 5.74) is 5.62. The Morgan fingerprint density at radius 3 is 2.46 bits per heavy atom. The Labute approximate surface area is 169 Å². The summed E-state index contributed by atoms with van der Waals surface area (Å²) in [4.78, 5) is 4.84. The van der Waals surface area contributed by atoms with Gasteiger partial charge in [-0.2, -0.15) is 0 Å². The average Bonchev–Trinajstić information content (AvgIpc) is 3.19. The van der Waals surface area contributed by atoms with E-state index < -0.39 is 0 Å². The molecule has 0 spiro atoms. The Morgan fingerprint density at radius 1 is 0.857 bits per heavy atom. The van der Waals surface area contributed by atoms with Gasteiger partial charge in [0.1, 0.15) is 11.5 Å². The van der Waals surface area contributed by atoms with Gasteiger partial charge in [0.15, 0.2) is 0 Å². The van der Waals surface area contributed by atoms with E-state index in [2.05, 4.69) is 5.32 Å². The van der Waals surface area contributed by atoms with E-state index in [4.69, 9.17) is 21.3 Å². The molecule has 0 radical (unpaired) electrons. The third-order valence-electron chi connectivity index (χ3n) is 5.08. The van der Waals surface area contributed by atoms with Crippen molar-refractivity contribution in [3.05, 3.63) is 89.1 Å². The molecule has 138 valence electrons. The summed E-state index contributed by atoms with van der Waals surface area (Å²) in [6.45, 7) is 0. The Morgan fingerprint density at radius 2 is 1.64 bits per heavy atom. The van der Waals surface area contributed by atoms with Gasteiger partial charge in [-0.25, -0.2) is 0 Å². The lowest BCUT2D eigenvalue weighted by Crippen LogP contribution is -2.00. The third kappa shape index (κ3) is 3.30. The molecule has 0 bridgehead atoms. The quantitative estimate of drug-likeness (QED) is 0.413. The van der Waals surface area contributed by atoms with E-state index in [1.54, 1.807) is 0 Å². The van der Waals surface area contributed by atoms with Crippen LogP contribution in [0.25, 0.3) is 10.9 Å². The molecule has 0 atom stereocenters. The lowest BCUT2D eigenvalue weighted by atomic mass is 10.1. The predicted octanol–water partition coefficient (Wildman–Crippen LogP) is 6.91. The number of hydrogen-bond donors (Lipinski definition) is 1. The van der Waals surface area contributed by atoms with Crippen LogP contribution in [0.5, 0.6) is 11.5 Å². The van der Waals surface area contributed by atoms with Crippen LogP contribution < -0.4 is 10.1 Å². The van der Waals surface area contributed by atoms with Crippen molar-refractivity contribution in [1.29, 1.82) is 0 Å². The minimum atomic E-state index is 0.724. The molecule has 0 aliphatic heterocycles. The first kappa shape index (κ1) is 17.1. The number of aromatic nitrogens is 1. The van der Waals surface area contributed by atoms with E-state index in [9.17, 15) is 0 Å². The number of nitrogens with one attached hydrogen (secondary N) is 1. The van der Waals surface area contributed by atoms with Crippen molar-refractivity contribution in [2.45, 2.75) is 19.3 Å². The molecule has 3 nitrogen and oxygen atoms in total. The fourth-order valence-corrected chi connectivity index (χ4v) is 3.92. The fourth-order valence-electron chi connectivity index (χ4n) is 3.75. The number of pyridine rings is 1. The molecule has 28 heavy (non-hydrogen) atoms. The highest BCUT2D eigenvalue weighted by Gasteiger charge is 2.20. The summed E-state index contributed by atoms with van der Waals surface area (Å²) in [6, 6.07) is 23.7. The fraction of sp³-hybridized carbons (Fsp3) is 0.125. The van der Waals surface area contributed by atoms with E-state index in [0.717, 1.165) is 58.1 Å². The zero-order valence-corrected chi connectivity index (χ0v) is 16.0. The second-order valence-electron chi connectivity index (χ2n) is 6.99. The first-order valence-corrected chi connectivity index (χ1v) is 9.85. The molecule has 0 fully saturated rings. The molecular formula is C24H19ClN2O. The van der Waals surface area contributed by atoms with Crippen molar-refractivity contribution in [3.8, 4) is 11.5 Å². The van der Waals surface area contributed by atoms with Crippen molar-refractivity contribution < 1.29 is 4.74 Å². The van der Waals surface area contributed by atoms with Gasteiger partial charge in [0.2, 0.25) is 0 Å². The Kier molecular flexibility index (Phi) is 4.38. The van der Waals surface area contributed by atoms with E-state index in [1.165, 1.54) is 11.3 Å². The number of para-hydroxylation sites is 1.